The summed E-state index contributed by atoms with van der Waals surface area (Å²) >= 11 is 0. The van der Waals surface area contributed by atoms with Crippen molar-refractivity contribution in [2.24, 2.45) is 7.05 Å². The summed E-state index contributed by atoms with van der Waals surface area (Å²) in [4.78, 5) is 10.9. The van der Waals surface area contributed by atoms with Gasteiger partial charge in [0.15, 0.2) is 11.4 Å². The zero-order chi connectivity index (χ0) is 14.4. The predicted octanol–water partition coefficient (Wildman–Crippen LogP) is -0.385. The molecular formula is C12H14N8O. The average Bonchev–Trinajstić information content (AvgIpc) is 3.08. The van der Waals surface area contributed by atoms with Crippen LogP contribution in [0.5, 0.6) is 0 Å². The molecule has 0 aromatic carbocycles. The SMILES string of the molecule is COC1(c2nccn2C)CN(c2nccn3nnnc23)C1. The summed E-state index contributed by atoms with van der Waals surface area (Å²) in [6, 6.07) is 0. The molecule has 1 aliphatic rings. The normalized spacial score (nSPS) is 17.1. The zero-order valence-corrected chi connectivity index (χ0v) is 11.7. The highest BCUT2D eigenvalue weighted by Crippen LogP contribution is 2.37. The molecular weight excluding hydrogens is 272 g/mol. The molecule has 0 unspecified atom stereocenters. The van der Waals surface area contributed by atoms with Crippen LogP contribution >= 0.6 is 0 Å². The largest absolute Gasteiger partial charge is 0.367 e. The molecule has 3 aromatic rings. The third-order valence-electron chi connectivity index (χ3n) is 3.91. The molecule has 0 spiro atoms. The van der Waals surface area contributed by atoms with Gasteiger partial charge in [0.2, 0.25) is 5.65 Å². The van der Waals surface area contributed by atoms with E-state index in [0.717, 1.165) is 11.6 Å². The van der Waals surface area contributed by atoms with E-state index in [0.29, 0.717) is 18.7 Å². The van der Waals surface area contributed by atoms with Crippen LogP contribution in [-0.4, -0.2) is 54.8 Å². The Hall–Kier alpha value is -2.55. The van der Waals surface area contributed by atoms with Gasteiger partial charge in [-0.1, -0.05) is 0 Å². The topological polar surface area (TPSA) is 86.3 Å². The average molecular weight is 286 g/mol. The summed E-state index contributed by atoms with van der Waals surface area (Å²) in [6.45, 7) is 1.32. The molecule has 0 N–H and O–H groups in total. The molecule has 4 heterocycles. The Morgan fingerprint density at radius 1 is 1.19 bits per heavy atom. The van der Waals surface area contributed by atoms with Crippen LogP contribution in [0.4, 0.5) is 5.82 Å². The third-order valence-corrected chi connectivity index (χ3v) is 3.91. The summed E-state index contributed by atoms with van der Waals surface area (Å²) in [6.07, 6.45) is 7.10. The van der Waals surface area contributed by atoms with E-state index in [1.165, 1.54) is 0 Å². The van der Waals surface area contributed by atoms with E-state index in [9.17, 15) is 0 Å². The lowest BCUT2D eigenvalue weighted by molar-refractivity contribution is -0.0475. The van der Waals surface area contributed by atoms with Crippen LogP contribution in [0.25, 0.3) is 5.65 Å². The van der Waals surface area contributed by atoms with E-state index >= 15 is 0 Å². The van der Waals surface area contributed by atoms with Crippen LogP contribution < -0.4 is 4.90 Å². The molecule has 0 radical (unpaired) electrons. The van der Waals surface area contributed by atoms with E-state index in [4.69, 9.17) is 4.74 Å². The van der Waals surface area contributed by atoms with Gasteiger partial charge in [-0.3, -0.25) is 0 Å². The first-order valence-electron chi connectivity index (χ1n) is 6.54. The van der Waals surface area contributed by atoms with E-state index in [2.05, 4.69) is 30.4 Å². The molecule has 0 atom stereocenters. The van der Waals surface area contributed by atoms with Gasteiger partial charge in [-0.05, 0) is 10.4 Å². The van der Waals surface area contributed by atoms with Gasteiger partial charge in [0.1, 0.15) is 5.82 Å². The van der Waals surface area contributed by atoms with Gasteiger partial charge in [-0.25, -0.2) is 9.97 Å². The van der Waals surface area contributed by atoms with Gasteiger partial charge >= 0.3 is 0 Å². The Balaban J connectivity index is 1.67. The Kier molecular flexibility index (Phi) is 2.45. The molecule has 0 saturated carbocycles. The van der Waals surface area contributed by atoms with Crippen LogP contribution in [0.15, 0.2) is 24.8 Å². The van der Waals surface area contributed by atoms with Gasteiger partial charge < -0.3 is 14.2 Å². The minimum Gasteiger partial charge on any atom is -0.367 e. The van der Waals surface area contributed by atoms with Crippen LogP contribution in [0.3, 0.4) is 0 Å². The number of imidazole rings is 1. The van der Waals surface area contributed by atoms with Gasteiger partial charge in [-0.15, -0.1) is 5.10 Å². The van der Waals surface area contributed by atoms with Crippen molar-refractivity contribution in [2.45, 2.75) is 5.60 Å². The number of fused-ring (bicyclic) bond motifs is 1. The van der Waals surface area contributed by atoms with Crippen molar-refractivity contribution in [3.05, 3.63) is 30.6 Å². The lowest BCUT2D eigenvalue weighted by atomic mass is 9.92. The van der Waals surface area contributed by atoms with E-state index in [-0.39, 0.29) is 0 Å². The summed E-state index contributed by atoms with van der Waals surface area (Å²) in [5, 5.41) is 11.6. The number of anilines is 1. The number of aryl methyl sites for hydroxylation is 1. The predicted molar refractivity (Wildman–Crippen MR) is 72.7 cm³/mol. The Morgan fingerprint density at radius 2 is 2.00 bits per heavy atom. The first-order chi connectivity index (χ1) is 10.2. The number of ether oxygens (including phenoxy) is 1. The first-order valence-corrected chi connectivity index (χ1v) is 6.54. The Morgan fingerprint density at radius 3 is 2.71 bits per heavy atom. The monoisotopic (exact) mass is 286 g/mol. The van der Waals surface area contributed by atoms with Crippen LogP contribution in [0.1, 0.15) is 5.82 Å². The van der Waals surface area contributed by atoms with E-state index < -0.39 is 5.60 Å². The van der Waals surface area contributed by atoms with Gasteiger partial charge in [0, 0.05) is 32.7 Å². The van der Waals surface area contributed by atoms with Crippen molar-refractivity contribution < 1.29 is 4.74 Å². The number of rotatable bonds is 3. The van der Waals surface area contributed by atoms with Crippen molar-refractivity contribution in [1.29, 1.82) is 0 Å². The fourth-order valence-electron chi connectivity index (χ4n) is 2.78. The maximum atomic E-state index is 5.73. The Bertz CT molecular complexity index is 787. The molecule has 3 aromatic heterocycles. The molecule has 4 rings (SSSR count). The van der Waals surface area contributed by atoms with Gasteiger partial charge in [0.05, 0.1) is 19.3 Å². The molecule has 1 fully saturated rings. The second-order valence-corrected chi connectivity index (χ2v) is 5.11. The van der Waals surface area contributed by atoms with E-state index in [1.807, 2.05) is 17.8 Å². The van der Waals surface area contributed by atoms with Crippen molar-refractivity contribution in [2.75, 3.05) is 25.1 Å². The van der Waals surface area contributed by atoms with Crippen LogP contribution in [0, 0.1) is 0 Å². The number of hydrogen-bond acceptors (Lipinski definition) is 7. The molecule has 0 bridgehead atoms. The molecule has 0 amide bonds. The van der Waals surface area contributed by atoms with Crippen LogP contribution in [-0.2, 0) is 17.4 Å². The Labute approximate surface area is 120 Å². The number of aromatic nitrogens is 7. The molecule has 9 heteroatoms. The highest BCUT2D eigenvalue weighted by molar-refractivity contribution is 5.64. The highest BCUT2D eigenvalue weighted by Gasteiger charge is 2.49. The standard InChI is InChI=1S/C12H14N8O/c1-18-5-3-14-11(18)12(21-2)7-19(8-12)9-10-15-16-17-20(10)6-4-13-9/h3-6H,7-8H2,1-2H3. The summed E-state index contributed by atoms with van der Waals surface area (Å²) in [7, 11) is 3.67. The summed E-state index contributed by atoms with van der Waals surface area (Å²) < 4.78 is 9.32. The van der Waals surface area contributed by atoms with Gasteiger partial charge in [0.25, 0.3) is 0 Å². The molecule has 1 aliphatic heterocycles. The van der Waals surface area contributed by atoms with Crippen molar-refractivity contribution in [3.8, 4) is 0 Å². The third kappa shape index (κ3) is 1.64. The second-order valence-electron chi connectivity index (χ2n) is 5.11. The maximum absolute atomic E-state index is 5.73. The molecule has 0 aliphatic carbocycles. The molecule has 1 saturated heterocycles. The lowest BCUT2D eigenvalue weighted by Crippen LogP contribution is -2.62. The lowest BCUT2D eigenvalue weighted by Gasteiger charge is -2.48. The first kappa shape index (κ1) is 12.2. The maximum Gasteiger partial charge on any atom is 0.221 e. The number of tetrazole rings is 1. The fraction of sp³-hybridized carbons (Fsp3) is 0.417. The molecule has 9 nitrogen and oxygen atoms in total. The van der Waals surface area contributed by atoms with Crippen molar-refractivity contribution in [1.82, 2.24) is 34.6 Å². The van der Waals surface area contributed by atoms with Gasteiger partial charge in [-0.2, -0.15) is 4.52 Å². The molecule has 21 heavy (non-hydrogen) atoms. The van der Waals surface area contributed by atoms with E-state index in [1.54, 1.807) is 30.2 Å². The fourth-order valence-corrected chi connectivity index (χ4v) is 2.78. The number of hydrogen-bond donors (Lipinski definition) is 0. The van der Waals surface area contributed by atoms with Crippen LogP contribution in [0.2, 0.25) is 0 Å². The summed E-state index contributed by atoms with van der Waals surface area (Å²) in [5.41, 5.74) is 0.224. The molecule has 108 valence electrons. The summed E-state index contributed by atoms with van der Waals surface area (Å²) in [5.74, 6) is 1.66. The number of methoxy groups -OCH3 is 1. The number of nitrogens with zero attached hydrogens (tertiary/aromatic N) is 8. The highest BCUT2D eigenvalue weighted by atomic mass is 16.5. The zero-order valence-electron chi connectivity index (χ0n) is 11.7. The minimum atomic E-state index is -0.416. The smallest absolute Gasteiger partial charge is 0.221 e. The van der Waals surface area contributed by atoms with Crippen molar-refractivity contribution in [3.63, 3.8) is 0 Å². The second kappa shape index (κ2) is 4.22. The minimum absolute atomic E-state index is 0.416. The van der Waals surface area contributed by atoms with Crippen molar-refractivity contribution >= 4 is 11.5 Å². The quantitative estimate of drug-likeness (QED) is 0.648.